The number of aryl methyl sites for hydroxylation is 1. The Morgan fingerprint density at radius 3 is 2.74 bits per heavy atom. The molecule has 0 bridgehead atoms. The molecule has 1 aromatic carbocycles. The van der Waals surface area contributed by atoms with Crippen molar-refractivity contribution in [2.24, 2.45) is 0 Å². The fourth-order valence-electron chi connectivity index (χ4n) is 2.58. The molecule has 0 aliphatic carbocycles. The molecule has 0 atom stereocenters. The van der Waals surface area contributed by atoms with Crippen LogP contribution in [0.25, 0.3) is 17.1 Å². The van der Waals surface area contributed by atoms with Crippen LogP contribution in [0.2, 0.25) is 5.02 Å². The summed E-state index contributed by atoms with van der Waals surface area (Å²) >= 11 is 5.85. The van der Waals surface area contributed by atoms with Crippen LogP contribution in [0.5, 0.6) is 0 Å². The molecule has 0 spiro atoms. The zero-order valence-electron chi connectivity index (χ0n) is 14.4. The first-order chi connectivity index (χ1) is 13.1. The van der Waals surface area contributed by atoms with Gasteiger partial charge in [-0.15, -0.1) is 10.2 Å². The Morgan fingerprint density at radius 2 is 2.00 bits per heavy atom. The molecule has 0 saturated carbocycles. The highest BCUT2D eigenvalue weighted by Gasteiger charge is 2.14. The Bertz CT molecular complexity index is 1100. The number of benzene rings is 1. The van der Waals surface area contributed by atoms with Crippen molar-refractivity contribution >= 4 is 28.8 Å². The summed E-state index contributed by atoms with van der Waals surface area (Å²) < 4.78 is 7.01. The van der Waals surface area contributed by atoms with Crippen LogP contribution in [-0.4, -0.2) is 30.6 Å². The van der Waals surface area contributed by atoms with Gasteiger partial charge >= 0.3 is 0 Å². The topological polar surface area (TPSA) is 98.2 Å². The van der Waals surface area contributed by atoms with Crippen LogP contribution >= 0.6 is 11.6 Å². The Balaban J connectivity index is 1.57. The van der Waals surface area contributed by atoms with Crippen LogP contribution < -0.4 is 5.32 Å². The normalized spacial score (nSPS) is 11.0. The number of carbonyl (C=O) groups is 1. The number of hydrogen-bond donors (Lipinski definition) is 1. The average molecular weight is 383 g/mol. The van der Waals surface area contributed by atoms with Crippen LogP contribution in [0, 0.1) is 0 Å². The summed E-state index contributed by atoms with van der Waals surface area (Å²) in [5.41, 5.74) is 2.02. The number of hydrogen-bond acceptors (Lipinski definition) is 6. The van der Waals surface area contributed by atoms with Crippen molar-refractivity contribution in [1.29, 1.82) is 0 Å². The summed E-state index contributed by atoms with van der Waals surface area (Å²) in [7, 11) is 0. The van der Waals surface area contributed by atoms with E-state index in [1.54, 1.807) is 40.9 Å². The van der Waals surface area contributed by atoms with Gasteiger partial charge in [-0.1, -0.05) is 23.7 Å². The Hall–Kier alpha value is -3.26. The van der Waals surface area contributed by atoms with E-state index >= 15 is 0 Å². The van der Waals surface area contributed by atoms with Gasteiger partial charge in [0, 0.05) is 23.3 Å². The van der Waals surface area contributed by atoms with Crippen LogP contribution in [0.15, 0.2) is 47.1 Å². The van der Waals surface area contributed by atoms with Crippen molar-refractivity contribution in [2.45, 2.75) is 19.8 Å². The van der Waals surface area contributed by atoms with E-state index < -0.39 is 0 Å². The number of pyridine rings is 1. The largest absolute Gasteiger partial charge is 0.334 e. The van der Waals surface area contributed by atoms with E-state index in [0.29, 0.717) is 40.3 Å². The number of nitrogens with zero attached hydrogens (tertiary/aromatic N) is 5. The summed E-state index contributed by atoms with van der Waals surface area (Å²) in [5, 5.41) is 15.5. The molecule has 0 radical (unpaired) electrons. The van der Waals surface area contributed by atoms with Gasteiger partial charge in [0.25, 0.3) is 5.89 Å². The monoisotopic (exact) mass is 382 g/mol. The van der Waals surface area contributed by atoms with Crippen LogP contribution in [0.3, 0.4) is 0 Å². The first-order valence-corrected chi connectivity index (χ1v) is 8.72. The third-order valence-electron chi connectivity index (χ3n) is 3.95. The number of nitrogens with one attached hydrogen (secondary N) is 1. The molecule has 3 aromatic heterocycles. The second-order valence-electron chi connectivity index (χ2n) is 5.86. The molecule has 1 N–H and O–H groups in total. The number of amides is 1. The molecule has 9 heteroatoms. The maximum Gasteiger partial charge on any atom is 0.259 e. The van der Waals surface area contributed by atoms with E-state index in [4.69, 9.17) is 16.1 Å². The minimum atomic E-state index is -0.205. The standard InChI is InChI=1S/C18H15ClN6O2/c1-2-14-21-18(27-24-14)11-3-8-15-22-23-16(25(15)10-11)9-17(26)20-13-6-4-12(19)5-7-13/h3-8,10H,2,9H2,1H3,(H,20,26). The lowest BCUT2D eigenvalue weighted by molar-refractivity contribution is -0.115. The molecule has 8 nitrogen and oxygen atoms in total. The predicted molar refractivity (Wildman–Crippen MR) is 99.4 cm³/mol. The average Bonchev–Trinajstić information content (AvgIpc) is 3.30. The predicted octanol–water partition coefficient (Wildman–Crippen LogP) is 3.18. The Kier molecular flexibility index (Phi) is 4.55. The highest BCUT2D eigenvalue weighted by molar-refractivity contribution is 6.30. The zero-order valence-corrected chi connectivity index (χ0v) is 15.1. The van der Waals surface area contributed by atoms with Crippen molar-refractivity contribution in [2.75, 3.05) is 5.32 Å². The van der Waals surface area contributed by atoms with Gasteiger partial charge in [0.15, 0.2) is 11.5 Å². The first kappa shape index (κ1) is 17.2. The SMILES string of the molecule is CCc1noc(-c2ccc3nnc(CC(=O)Nc4ccc(Cl)cc4)n3c2)n1. The van der Waals surface area contributed by atoms with Crippen LogP contribution in [0.1, 0.15) is 18.6 Å². The number of aromatic nitrogens is 5. The number of anilines is 1. The highest BCUT2D eigenvalue weighted by atomic mass is 35.5. The molecule has 0 fully saturated rings. The van der Waals surface area contributed by atoms with Crippen LogP contribution in [-0.2, 0) is 17.6 Å². The molecule has 0 aliphatic rings. The van der Waals surface area contributed by atoms with Gasteiger partial charge in [-0.05, 0) is 36.4 Å². The summed E-state index contributed by atoms with van der Waals surface area (Å²) in [4.78, 5) is 16.7. The number of fused-ring (bicyclic) bond motifs is 1. The molecule has 27 heavy (non-hydrogen) atoms. The maximum absolute atomic E-state index is 12.3. The lowest BCUT2D eigenvalue weighted by atomic mass is 10.2. The van der Waals surface area contributed by atoms with Gasteiger partial charge in [0.2, 0.25) is 5.91 Å². The Labute approximate surface area is 159 Å². The second kappa shape index (κ2) is 7.16. The van der Waals surface area contributed by atoms with Gasteiger partial charge in [-0.2, -0.15) is 4.98 Å². The molecule has 4 aromatic rings. The number of carbonyl (C=O) groups excluding carboxylic acids is 1. The molecule has 4 rings (SSSR count). The minimum Gasteiger partial charge on any atom is -0.334 e. The fourth-order valence-corrected chi connectivity index (χ4v) is 2.71. The van der Waals surface area contributed by atoms with Crippen molar-refractivity contribution in [3.05, 3.63) is 59.3 Å². The maximum atomic E-state index is 12.3. The van der Waals surface area contributed by atoms with Crippen LogP contribution in [0.4, 0.5) is 5.69 Å². The molecule has 3 heterocycles. The van der Waals surface area contributed by atoms with E-state index in [2.05, 4.69) is 25.7 Å². The smallest absolute Gasteiger partial charge is 0.259 e. The van der Waals surface area contributed by atoms with Gasteiger partial charge in [-0.3, -0.25) is 9.20 Å². The summed E-state index contributed by atoms with van der Waals surface area (Å²) in [5.74, 6) is 1.35. The summed E-state index contributed by atoms with van der Waals surface area (Å²) in [6, 6.07) is 10.5. The van der Waals surface area contributed by atoms with Gasteiger partial charge in [0.05, 0.1) is 12.0 Å². The fraction of sp³-hybridized carbons (Fsp3) is 0.167. The minimum absolute atomic E-state index is 0.0668. The lowest BCUT2D eigenvalue weighted by Crippen LogP contribution is -2.16. The van der Waals surface area contributed by atoms with Crippen molar-refractivity contribution in [3.63, 3.8) is 0 Å². The summed E-state index contributed by atoms with van der Waals surface area (Å²) in [6.07, 6.45) is 2.54. The Morgan fingerprint density at radius 1 is 1.19 bits per heavy atom. The van der Waals surface area contributed by atoms with Crippen molar-refractivity contribution in [3.8, 4) is 11.5 Å². The van der Waals surface area contributed by atoms with E-state index in [1.165, 1.54) is 0 Å². The molecular formula is C18H15ClN6O2. The van der Waals surface area contributed by atoms with E-state index in [9.17, 15) is 4.79 Å². The number of halogens is 1. The van der Waals surface area contributed by atoms with Crippen molar-refractivity contribution < 1.29 is 9.32 Å². The third-order valence-corrected chi connectivity index (χ3v) is 4.20. The lowest BCUT2D eigenvalue weighted by Gasteiger charge is -2.05. The second-order valence-corrected chi connectivity index (χ2v) is 6.30. The van der Waals surface area contributed by atoms with E-state index in [0.717, 1.165) is 5.56 Å². The van der Waals surface area contributed by atoms with Gasteiger partial charge in [0.1, 0.15) is 5.82 Å². The molecule has 0 saturated heterocycles. The highest BCUT2D eigenvalue weighted by Crippen LogP contribution is 2.19. The van der Waals surface area contributed by atoms with E-state index in [-0.39, 0.29) is 12.3 Å². The van der Waals surface area contributed by atoms with Gasteiger partial charge < -0.3 is 9.84 Å². The molecular weight excluding hydrogens is 368 g/mol. The van der Waals surface area contributed by atoms with Crippen molar-refractivity contribution in [1.82, 2.24) is 24.7 Å². The summed E-state index contributed by atoms with van der Waals surface area (Å²) in [6.45, 7) is 1.95. The molecule has 1 amide bonds. The first-order valence-electron chi connectivity index (χ1n) is 8.34. The molecule has 0 unspecified atom stereocenters. The quantitative estimate of drug-likeness (QED) is 0.569. The van der Waals surface area contributed by atoms with E-state index in [1.807, 2.05) is 13.0 Å². The zero-order chi connectivity index (χ0) is 18.8. The third kappa shape index (κ3) is 3.65. The number of rotatable bonds is 5. The molecule has 0 aliphatic heterocycles. The van der Waals surface area contributed by atoms with Gasteiger partial charge in [-0.25, -0.2) is 0 Å². The molecule has 136 valence electrons.